The summed E-state index contributed by atoms with van der Waals surface area (Å²) in [5.74, 6) is -0.0811. The molecule has 0 aliphatic rings. The van der Waals surface area contributed by atoms with Crippen molar-refractivity contribution < 1.29 is 13.5 Å². The minimum Gasteiger partial charge on any atom is -0.399 e. The number of rotatable bonds is 8. The SMILES string of the molecule is CCC(CC)(CO)CNS(=O)(=O)Cc1ccc(N)cc1. The molecule has 0 heterocycles. The molecule has 0 spiro atoms. The van der Waals surface area contributed by atoms with Crippen molar-refractivity contribution in [2.24, 2.45) is 5.41 Å². The van der Waals surface area contributed by atoms with Crippen LogP contribution in [0.4, 0.5) is 5.69 Å². The molecule has 0 aliphatic carbocycles. The highest BCUT2D eigenvalue weighted by Gasteiger charge is 2.27. The van der Waals surface area contributed by atoms with Gasteiger partial charge in [0.05, 0.1) is 5.75 Å². The van der Waals surface area contributed by atoms with Crippen molar-refractivity contribution in [3.05, 3.63) is 29.8 Å². The number of nitrogen functional groups attached to an aromatic ring is 1. The predicted octanol–water partition coefficient (Wildman–Crippen LogP) is 1.49. The molecule has 5 nitrogen and oxygen atoms in total. The molecule has 114 valence electrons. The maximum atomic E-state index is 12.1. The van der Waals surface area contributed by atoms with Crippen LogP contribution in [-0.4, -0.2) is 26.7 Å². The Bertz CT molecular complexity index is 499. The lowest BCUT2D eigenvalue weighted by Gasteiger charge is -2.29. The maximum Gasteiger partial charge on any atom is 0.215 e. The van der Waals surface area contributed by atoms with Crippen LogP contribution in [0.3, 0.4) is 0 Å². The summed E-state index contributed by atoms with van der Waals surface area (Å²) in [6.45, 7) is 4.14. The van der Waals surface area contributed by atoms with Crippen LogP contribution in [-0.2, 0) is 15.8 Å². The van der Waals surface area contributed by atoms with E-state index in [0.717, 1.165) is 12.8 Å². The number of anilines is 1. The van der Waals surface area contributed by atoms with Gasteiger partial charge in [-0.05, 0) is 30.5 Å². The lowest BCUT2D eigenvalue weighted by atomic mass is 9.84. The number of benzene rings is 1. The van der Waals surface area contributed by atoms with Crippen molar-refractivity contribution >= 4 is 15.7 Å². The van der Waals surface area contributed by atoms with Gasteiger partial charge in [-0.3, -0.25) is 0 Å². The zero-order chi connectivity index (χ0) is 15.2. The third-order valence-corrected chi connectivity index (χ3v) is 5.14. The molecule has 6 heteroatoms. The van der Waals surface area contributed by atoms with Crippen molar-refractivity contribution in [2.45, 2.75) is 32.4 Å². The molecule has 0 radical (unpaired) electrons. The van der Waals surface area contributed by atoms with E-state index < -0.39 is 10.0 Å². The largest absolute Gasteiger partial charge is 0.399 e. The van der Waals surface area contributed by atoms with Crippen LogP contribution in [0.2, 0.25) is 0 Å². The summed E-state index contributed by atoms with van der Waals surface area (Å²) >= 11 is 0. The topological polar surface area (TPSA) is 92.4 Å². The first-order valence-corrected chi connectivity index (χ1v) is 8.44. The summed E-state index contributed by atoms with van der Waals surface area (Å²) in [5, 5.41) is 9.44. The van der Waals surface area contributed by atoms with Crippen molar-refractivity contribution in [3.63, 3.8) is 0 Å². The fourth-order valence-corrected chi connectivity index (χ4v) is 3.19. The lowest BCUT2D eigenvalue weighted by molar-refractivity contribution is 0.119. The van der Waals surface area contributed by atoms with Crippen molar-refractivity contribution in [3.8, 4) is 0 Å². The standard InChI is InChI=1S/C14H24N2O3S/c1-3-14(4-2,11-17)10-16-20(18,19)9-12-5-7-13(15)8-6-12/h5-8,16-17H,3-4,9-11,15H2,1-2H3. The van der Waals surface area contributed by atoms with Crippen molar-refractivity contribution in [2.75, 3.05) is 18.9 Å². The molecule has 0 unspecified atom stereocenters. The zero-order valence-electron chi connectivity index (χ0n) is 12.1. The van der Waals surface area contributed by atoms with Gasteiger partial charge in [-0.25, -0.2) is 13.1 Å². The zero-order valence-corrected chi connectivity index (χ0v) is 12.9. The third kappa shape index (κ3) is 4.77. The van der Waals surface area contributed by atoms with E-state index >= 15 is 0 Å². The fraction of sp³-hybridized carbons (Fsp3) is 0.571. The molecular weight excluding hydrogens is 276 g/mol. The van der Waals surface area contributed by atoms with Crippen LogP contribution in [0.1, 0.15) is 32.3 Å². The minimum atomic E-state index is -3.41. The molecule has 1 aromatic rings. The first kappa shape index (κ1) is 16.9. The highest BCUT2D eigenvalue weighted by atomic mass is 32.2. The van der Waals surface area contributed by atoms with Crippen LogP contribution in [0, 0.1) is 5.41 Å². The molecule has 1 rings (SSSR count). The summed E-state index contributed by atoms with van der Waals surface area (Å²) in [5.41, 5.74) is 6.48. The molecule has 0 saturated carbocycles. The highest BCUT2D eigenvalue weighted by Crippen LogP contribution is 2.24. The normalized spacial score (nSPS) is 12.6. The molecule has 0 amide bonds. The Morgan fingerprint density at radius 3 is 2.20 bits per heavy atom. The molecule has 0 aromatic heterocycles. The van der Waals surface area contributed by atoms with E-state index in [1.165, 1.54) is 0 Å². The molecule has 0 aliphatic heterocycles. The van der Waals surface area contributed by atoms with Crippen LogP contribution in [0.15, 0.2) is 24.3 Å². The molecule has 0 fully saturated rings. The molecule has 4 N–H and O–H groups in total. The van der Waals surface area contributed by atoms with Gasteiger partial charge in [-0.1, -0.05) is 26.0 Å². The van der Waals surface area contributed by atoms with Gasteiger partial charge in [0.15, 0.2) is 0 Å². The number of sulfonamides is 1. The second-order valence-corrected chi connectivity index (χ2v) is 6.99. The first-order valence-electron chi connectivity index (χ1n) is 6.79. The van der Waals surface area contributed by atoms with E-state index in [1.54, 1.807) is 24.3 Å². The average Bonchev–Trinajstić information content (AvgIpc) is 2.43. The van der Waals surface area contributed by atoms with Gasteiger partial charge in [-0.15, -0.1) is 0 Å². The number of nitrogens with two attached hydrogens (primary N) is 1. The Labute approximate surface area is 121 Å². The lowest BCUT2D eigenvalue weighted by Crippen LogP contribution is -2.39. The summed E-state index contributed by atoms with van der Waals surface area (Å²) in [6, 6.07) is 6.77. The summed E-state index contributed by atoms with van der Waals surface area (Å²) < 4.78 is 26.7. The Hall–Kier alpha value is -1.11. The summed E-state index contributed by atoms with van der Waals surface area (Å²) in [4.78, 5) is 0. The minimum absolute atomic E-state index is 0.0234. The van der Waals surface area contributed by atoms with E-state index in [1.807, 2.05) is 13.8 Å². The molecular formula is C14H24N2O3S. The fourth-order valence-electron chi connectivity index (χ4n) is 1.93. The number of aliphatic hydroxyl groups is 1. The van der Waals surface area contributed by atoms with Gasteiger partial charge in [0.2, 0.25) is 10.0 Å². The maximum absolute atomic E-state index is 12.1. The predicted molar refractivity (Wildman–Crippen MR) is 81.6 cm³/mol. The Morgan fingerprint density at radius 1 is 1.20 bits per heavy atom. The molecule has 0 saturated heterocycles. The van der Waals surface area contributed by atoms with Gasteiger partial charge in [0, 0.05) is 24.3 Å². The Balaban J connectivity index is 2.68. The van der Waals surface area contributed by atoms with E-state index in [4.69, 9.17) is 5.73 Å². The van der Waals surface area contributed by atoms with Crippen LogP contribution in [0.5, 0.6) is 0 Å². The Morgan fingerprint density at radius 2 is 1.75 bits per heavy atom. The van der Waals surface area contributed by atoms with Gasteiger partial charge >= 0.3 is 0 Å². The van der Waals surface area contributed by atoms with Gasteiger partial charge in [-0.2, -0.15) is 0 Å². The highest BCUT2D eigenvalue weighted by molar-refractivity contribution is 7.88. The van der Waals surface area contributed by atoms with Crippen molar-refractivity contribution in [1.29, 1.82) is 0 Å². The van der Waals surface area contributed by atoms with Gasteiger partial charge < -0.3 is 10.8 Å². The number of nitrogens with one attached hydrogen (secondary N) is 1. The number of hydrogen-bond acceptors (Lipinski definition) is 4. The van der Waals surface area contributed by atoms with Crippen LogP contribution in [0.25, 0.3) is 0 Å². The molecule has 20 heavy (non-hydrogen) atoms. The number of hydrogen-bond donors (Lipinski definition) is 3. The second-order valence-electron chi connectivity index (χ2n) is 5.19. The van der Waals surface area contributed by atoms with Gasteiger partial charge in [0.25, 0.3) is 0 Å². The molecule has 0 atom stereocenters. The first-order chi connectivity index (χ1) is 9.36. The summed E-state index contributed by atoms with van der Waals surface area (Å²) in [7, 11) is -3.41. The van der Waals surface area contributed by atoms with E-state index in [2.05, 4.69) is 4.72 Å². The number of aliphatic hydroxyl groups excluding tert-OH is 1. The second kappa shape index (κ2) is 7.06. The summed E-state index contributed by atoms with van der Waals surface area (Å²) in [6.07, 6.45) is 1.45. The molecule has 1 aromatic carbocycles. The van der Waals surface area contributed by atoms with E-state index in [0.29, 0.717) is 11.3 Å². The van der Waals surface area contributed by atoms with Gasteiger partial charge in [0.1, 0.15) is 0 Å². The average molecular weight is 300 g/mol. The van der Waals surface area contributed by atoms with E-state index in [-0.39, 0.29) is 24.3 Å². The Kier molecular flexibility index (Phi) is 5.98. The molecule has 0 bridgehead atoms. The van der Waals surface area contributed by atoms with Crippen LogP contribution >= 0.6 is 0 Å². The monoisotopic (exact) mass is 300 g/mol. The quantitative estimate of drug-likeness (QED) is 0.634. The smallest absolute Gasteiger partial charge is 0.215 e. The van der Waals surface area contributed by atoms with E-state index in [9.17, 15) is 13.5 Å². The third-order valence-electron chi connectivity index (χ3n) is 3.84. The van der Waals surface area contributed by atoms with Crippen LogP contribution < -0.4 is 10.5 Å². The van der Waals surface area contributed by atoms with Crippen molar-refractivity contribution in [1.82, 2.24) is 4.72 Å².